The minimum absolute atomic E-state index is 0.0318. The third-order valence-corrected chi connectivity index (χ3v) is 6.82. The second kappa shape index (κ2) is 9.98. The van der Waals surface area contributed by atoms with E-state index >= 15 is 0 Å². The third kappa shape index (κ3) is 5.07. The molecule has 3 amide bonds. The van der Waals surface area contributed by atoms with Gasteiger partial charge in [0.05, 0.1) is 18.9 Å². The minimum atomic E-state index is -0.375. The Balaban J connectivity index is 1.37. The number of carbonyl (C=O) groups is 4. The van der Waals surface area contributed by atoms with Crippen molar-refractivity contribution < 1.29 is 23.9 Å². The monoisotopic (exact) mass is 476 g/mol. The number of hydrogen-bond donors (Lipinski definition) is 1. The third-order valence-electron chi connectivity index (χ3n) is 5.76. The van der Waals surface area contributed by atoms with E-state index in [0.717, 1.165) is 11.3 Å². The zero-order chi connectivity index (χ0) is 23.5. The normalized spacial score (nSPS) is 19.0. The molecule has 1 N–H and O–H groups in total. The summed E-state index contributed by atoms with van der Waals surface area (Å²) in [6.07, 6.45) is 1.28. The van der Waals surface area contributed by atoms with E-state index in [4.69, 9.17) is 4.74 Å². The van der Waals surface area contributed by atoms with Crippen LogP contribution in [0.3, 0.4) is 0 Å². The molecule has 0 atom stereocenters. The Morgan fingerprint density at radius 2 is 1.70 bits per heavy atom. The Morgan fingerprint density at radius 1 is 1.06 bits per heavy atom. The van der Waals surface area contributed by atoms with E-state index in [-0.39, 0.29) is 44.8 Å². The Bertz CT molecular complexity index is 976. The molecule has 11 nitrogen and oxygen atoms in total. The van der Waals surface area contributed by atoms with E-state index in [1.54, 1.807) is 14.7 Å². The van der Waals surface area contributed by atoms with Crippen LogP contribution in [0.4, 0.5) is 4.79 Å². The van der Waals surface area contributed by atoms with Gasteiger partial charge in [-0.25, -0.2) is 9.78 Å². The Morgan fingerprint density at radius 3 is 2.36 bits per heavy atom. The van der Waals surface area contributed by atoms with Crippen molar-refractivity contribution in [1.29, 1.82) is 0 Å². The second-order valence-electron chi connectivity index (χ2n) is 8.34. The number of Topliss-reactive ketones (excluding diaryl/α,β-unsaturated/α-hetero) is 1. The second-order valence-corrected chi connectivity index (χ2v) is 9.34. The number of carbonyl (C=O) groups excluding carboxylic acids is 4. The molecule has 1 aromatic heterocycles. The predicted molar refractivity (Wildman–Crippen MR) is 121 cm³/mol. The lowest BCUT2D eigenvalue weighted by atomic mass is 10.0. The Labute approximate surface area is 196 Å². The van der Waals surface area contributed by atoms with Crippen molar-refractivity contribution in [2.45, 2.75) is 0 Å². The molecule has 3 heterocycles. The van der Waals surface area contributed by atoms with Crippen molar-refractivity contribution in [3.8, 4) is 0 Å². The smallest absolute Gasteiger partial charge is 0.320 e. The molecule has 2 saturated heterocycles. The first-order valence-corrected chi connectivity index (χ1v) is 11.8. The van der Waals surface area contributed by atoms with E-state index in [1.807, 2.05) is 19.0 Å². The van der Waals surface area contributed by atoms with Gasteiger partial charge in [0.25, 0.3) is 5.91 Å². The van der Waals surface area contributed by atoms with Gasteiger partial charge in [-0.2, -0.15) is 0 Å². The fraction of sp³-hybridized carbons (Fsp3) is 0.571. The van der Waals surface area contributed by atoms with Crippen LogP contribution in [0.5, 0.6) is 0 Å². The number of aromatic nitrogens is 1. The molecule has 12 heteroatoms. The highest BCUT2D eigenvalue weighted by Crippen LogP contribution is 2.27. The number of hydrogen-bond acceptors (Lipinski definition) is 9. The highest BCUT2D eigenvalue weighted by Gasteiger charge is 2.34. The van der Waals surface area contributed by atoms with Gasteiger partial charge in [-0.15, -0.1) is 11.3 Å². The summed E-state index contributed by atoms with van der Waals surface area (Å²) in [6, 6.07) is -0.0355. The summed E-state index contributed by atoms with van der Waals surface area (Å²) in [4.78, 5) is 62.5. The molecule has 3 aliphatic rings. The van der Waals surface area contributed by atoms with Crippen molar-refractivity contribution in [2.24, 2.45) is 0 Å². The van der Waals surface area contributed by atoms with E-state index in [1.165, 1.54) is 6.08 Å². The molecule has 178 valence electrons. The lowest BCUT2D eigenvalue weighted by Gasteiger charge is -2.38. The lowest BCUT2D eigenvalue weighted by molar-refractivity contribution is 0.0362. The molecule has 2 aliphatic heterocycles. The number of likely N-dealkylation sites (N-methyl/N-ethyl adjacent to an activating group) is 1. The fourth-order valence-corrected chi connectivity index (χ4v) is 4.80. The van der Waals surface area contributed by atoms with Gasteiger partial charge in [-0.05, 0) is 14.1 Å². The first kappa shape index (κ1) is 23.3. The molecule has 0 saturated carbocycles. The van der Waals surface area contributed by atoms with Gasteiger partial charge in [-0.1, -0.05) is 0 Å². The number of allylic oxidation sites excluding steroid dienone is 2. The average Bonchev–Trinajstić information content (AvgIpc) is 3.28. The van der Waals surface area contributed by atoms with Crippen LogP contribution in [-0.2, 0) is 4.74 Å². The summed E-state index contributed by atoms with van der Waals surface area (Å²) in [5.74, 6) is -1.02. The predicted octanol–water partition coefficient (Wildman–Crippen LogP) is -0.233. The highest BCUT2D eigenvalue weighted by molar-refractivity contribution is 7.16. The van der Waals surface area contributed by atoms with Crippen LogP contribution in [0.25, 0.3) is 0 Å². The molecule has 0 bridgehead atoms. The van der Waals surface area contributed by atoms with Gasteiger partial charge in [0, 0.05) is 58.4 Å². The van der Waals surface area contributed by atoms with Gasteiger partial charge in [-0.3, -0.25) is 14.4 Å². The number of nitrogens with one attached hydrogen (secondary N) is 1. The Hall–Kier alpha value is -2.83. The van der Waals surface area contributed by atoms with E-state index in [2.05, 4.69) is 10.3 Å². The summed E-state index contributed by atoms with van der Waals surface area (Å²) in [5.41, 5.74) is 0.234. The molecular weight excluding hydrogens is 448 g/mol. The molecule has 0 unspecified atom stereocenters. The minimum Gasteiger partial charge on any atom is -0.380 e. The number of thiazole rings is 1. The number of amides is 3. The summed E-state index contributed by atoms with van der Waals surface area (Å²) in [6.45, 7) is 5.03. The van der Waals surface area contributed by atoms with E-state index in [9.17, 15) is 19.2 Å². The van der Waals surface area contributed by atoms with Crippen molar-refractivity contribution in [1.82, 2.24) is 29.9 Å². The molecule has 33 heavy (non-hydrogen) atoms. The SMILES string of the molecule is CN(C)CCNC1=CC(=O)c2sc(C(=O)N3CCN(C(=O)N4CCOCC4)CC3)nc2C1=O. The van der Waals surface area contributed by atoms with E-state index in [0.29, 0.717) is 65.6 Å². The zero-order valence-electron chi connectivity index (χ0n) is 18.8. The number of rotatable bonds is 5. The maximum Gasteiger partial charge on any atom is 0.320 e. The molecular formula is C21H28N6O5S. The first-order valence-electron chi connectivity index (χ1n) is 11.0. The largest absolute Gasteiger partial charge is 0.380 e. The Kier molecular flexibility index (Phi) is 7.05. The van der Waals surface area contributed by atoms with Crippen molar-refractivity contribution >= 4 is 34.8 Å². The number of ketones is 2. The molecule has 0 radical (unpaired) electrons. The number of nitrogens with zero attached hydrogens (tertiary/aromatic N) is 5. The van der Waals surface area contributed by atoms with Gasteiger partial charge in [0.2, 0.25) is 5.78 Å². The average molecular weight is 477 g/mol. The summed E-state index contributed by atoms with van der Waals surface area (Å²) < 4.78 is 5.29. The van der Waals surface area contributed by atoms with Crippen molar-refractivity contribution in [3.63, 3.8) is 0 Å². The van der Waals surface area contributed by atoms with Crippen LogP contribution in [0.2, 0.25) is 0 Å². The summed E-state index contributed by atoms with van der Waals surface area (Å²) >= 11 is 0.954. The molecule has 0 spiro atoms. The highest BCUT2D eigenvalue weighted by atomic mass is 32.1. The van der Waals surface area contributed by atoms with Gasteiger partial charge in [0.15, 0.2) is 10.8 Å². The number of morpholine rings is 1. The van der Waals surface area contributed by atoms with Crippen LogP contribution in [0, 0.1) is 0 Å². The van der Waals surface area contributed by atoms with Crippen molar-refractivity contribution in [3.05, 3.63) is 27.4 Å². The summed E-state index contributed by atoms with van der Waals surface area (Å²) in [7, 11) is 3.83. The molecule has 0 aromatic carbocycles. The van der Waals surface area contributed by atoms with Gasteiger partial charge >= 0.3 is 6.03 Å². The van der Waals surface area contributed by atoms with Crippen molar-refractivity contribution in [2.75, 3.05) is 79.7 Å². The molecule has 1 aliphatic carbocycles. The van der Waals surface area contributed by atoms with Crippen LogP contribution >= 0.6 is 11.3 Å². The number of fused-ring (bicyclic) bond motifs is 1. The van der Waals surface area contributed by atoms with Gasteiger partial charge < -0.3 is 29.7 Å². The number of ether oxygens (including phenoxy) is 1. The lowest BCUT2D eigenvalue weighted by Crippen LogP contribution is -2.55. The van der Waals surface area contributed by atoms with E-state index < -0.39 is 0 Å². The van der Waals surface area contributed by atoms with Crippen LogP contribution in [0.1, 0.15) is 30.0 Å². The number of piperazine rings is 1. The molecule has 2 fully saturated rings. The maximum atomic E-state index is 13.0. The zero-order valence-corrected chi connectivity index (χ0v) is 19.7. The molecule has 1 aromatic rings. The van der Waals surface area contributed by atoms with Crippen LogP contribution < -0.4 is 5.32 Å². The van der Waals surface area contributed by atoms with Gasteiger partial charge in [0.1, 0.15) is 10.6 Å². The summed E-state index contributed by atoms with van der Waals surface area (Å²) in [5, 5.41) is 3.11. The standard InChI is InChI=1S/C21H28N6O5S/c1-24(2)4-3-22-14-13-15(28)18-16(17(14)29)23-19(33-18)20(30)25-5-7-26(8-6-25)21(31)27-9-11-32-12-10-27/h13,22H,3-12H2,1-2H3. The maximum absolute atomic E-state index is 13.0. The fourth-order valence-electron chi connectivity index (χ4n) is 3.86. The quantitative estimate of drug-likeness (QED) is 0.620. The topological polar surface area (TPSA) is 115 Å². The van der Waals surface area contributed by atoms with Crippen LogP contribution in [0.15, 0.2) is 11.8 Å². The molecule has 4 rings (SSSR count). The van der Waals surface area contributed by atoms with Crippen LogP contribution in [-0.4, -0.2) is 128 Å². The first-order chi connectivity index (χ1) is 15.8. The number of urea groups is 1.